The van der Waals surface area contributed by atoms with Gasteiger partial charge in [0.05, 0.1) is 0 Å². The van der Waals surface area contributed by atoms with Crippen LogP contribution in [-0.2, 0) is 0 Å². The van der Waals surface area contributed by atoms with E-state index in [-0.39, 0.29) is 6.03 Å². The number of hydrogen-bond acceptors (Lipinski definition) is 3. The average Bonchev–Trinajstić information content (AvgIpc) is 2.49. The Morgan fingerprint density at radius 3 is 2.62 bits per heavy atom. The van der Waals surface area contributed by atoms with Crippen LogP contribution in [0.25, 0.3) is 0 Å². The number of carbonyl (C=O) groups excluding carboxylic acids is 1. The maximum atomic E-state index is 11.1. The van der Waals surface area contributed by atoms with E-state index in [0.717, 1.165) is 38.4 Å². The third-order valence-corrected chi connectivity index (χ3v) is 4.99. The molecule has 0 radical (unpaired) electrons. The number of primary amides is 1. The van der Waals surface area contributed by atoms with Crippen molar-refractivity contribution in [1.29, 1.82) is 0 Å². The van der Waals surface area contributed by atoms with E-state index in [1.165, 1.54) is 17.7 Å². The van der Waals surface area contributed by atoms with Gasteiger partial charge in [-0.25, -0.2) is 9.10 Å². The molecule has 21 heavy (non-hydrogen) atoms. The molecule has 0 bridgehead atoms. The van der Waals surface area contributed by atoms with E-state index in [0.29, 0.717) is 0 Å². The first-order chi connectivity index (χ1) is 10.1. The summed E-state index contributed by atoms with van der Waals surface area (Å²) in [4.78, 5) is 14.1. The minimum atomic E-state index is -0.271. The van der Waals surface area contributed by atoms with Gasteiger partial charge in [-0.15, -0.1) is 0 Å². The molecule has 5 heteroatoms. The van der Waals surface area contributed by atoms with Crippen LogP contribution in [0, 0.1) is 5.92 Å². The predicted octanol–water partition coefficient (Wildman–Crippen LogP) is 3.20. The number of nitrogens with two attached hydrogens (primary N) is 1. The Kier molecular flexibility index (Phi) is 6.39. The fourth-order valence-electron chi connectivity index (χ4n) is 2.75. The lowest BCUT2D eigenvalue weighted by Gasteiger charge is -2.31. The van der Waals surface area contributed by atoms with Gasteiger partial charge in [0.25, 0.3) is 0 Å². The molecular weight excluding hydrogens is 282 g/mol. The van der Waals surface area contributed by atoms with Crippen LogP contribution in [0.4, 0.5) is 4.79 Å². The Morgan fingerprint density at radius 2 is 2.00 bits per heavy atom. The first-order valence-corrected chi connectivity index (χ1v) is 8.41. The van der Waals surface area contributed by atoms with Crippen LogP contribution < -0.4 is 5.73 Å². The molecule has 1 aromatic rings. The minimum absolute atomic E-state index is 0.271. The van der Waals surface area contributed by atoms with E-state index in [4.69, 9.17) is 5.73 Å². The summed E-state index contributed by atoms with van der Waals surface area (Å²) in [5, 5.41) is 0. The fourth-order valence-corrected chi connectivity index (χ4v) is 3.61. The van der Waals surface area contributed by atoms with Gasteiger partial charge >= 0.3 is 6.03 Å². The Balaban J connectivity index is 1.60. The molecule has 1 fully saturated rings. The molecule has 4 nitrogen and oxygen atoms in total. The van der Waals surface area contributed by atoms with Crippen molar-refractivity contribution in [3.63, 3.8) is 0 Å². The van der Waals surface area contributed by atoms with Crippen molar-refractivity contribution in [3.8, 4) is 0 Å². The number of urea groups is 1. The number of likely N-dealkylation sites (tertiary alicyclic amines) is 1. The van der Waals surface area contributed by atoms with Gasteiger partial charge in [-0.05, 0) is 62.7 Å². The van der Waals surface area contributed by atoms with Gasteiger partial charge in [0.1, 0.15) is 0 Å². The molecule has 0 atom stereocenters. The van der Waals surface area contributed by atoms with Crippen molar-refractivity contribution >= 4 is 18.0 Å². The minimum Gasteiger partial charge on any atom is -0.351 e. The molecule has 1 aliphatic rings. The SMILES string of the molecule is CN(CCCC1CCN(C(N)=O)CC1)Sc1ccccc1. The van der Waals surface area contributed by atoms with Crippen LogP contribution >= 0.6 is 11.9 Å². The number of amides is 2. The lowest BCUT2D eigenvalue weighted by Crippen LogP contribution is -2.41. The van der Waals surface area contributed by atoms with Crippen molar-refractivity contribution < 1.29 is 4.79 Å². The van der Waals surface area contributed by atoms with Crippen molar-refractivity contribution in [3.05, 3.63) is 30.3 Å². The zero-order chi connectivity index (χ0) is 15.1. The Labute approximate surface area is 131 Å². The largest absolute Gasteiger partial charge is 0.351 e. The number of benzene rings is 1. The molecule has 0 spiro atoms. The van der Waals surface area contributed by atoms with Gasteiger partial charge in [0, 0.05) is 24.5 Å². The molecule has 1 heterocycles. The molecule has 1 aromatic carbocycles. The van der Waals surface area contributed by atoms with Gasteiger partial charge in [-0.2, -0.15) is 0 Å². The van der Waals surface area contributed by atoms with E-state index in [1.807, 2.05) is 6.07 Å². The molecule has 2 N–H and O–H groups in total. The summed E-state index contributed by atoms with van der Waals surface area (Å²) in [5.74, 6) is 0.746. The molecule has 0 aromatic heterocycles. The first kappa shape index (κ1) is 16.2. The zero-order valence-electron chi connectivity index (χ0n) is 12.7. The molecule has 116 valence electrons. The fraction of sp³-hybridized carbons (Fsp3) is 0.562. The first-order valence-electron chi connectivity index (χ1n) is 7.63. The number of rotatable bonds is 6. The Hall–Kier alpha value is -1.20. The van der Waals surface area contributed by atoms with E-state index >= 15 is 0 Å². The van der Waals surface area contributed by atoms with Crippen LogP contribution in [0.5, 0.6) is 0 Å². The highest BCUT2D eigenvalue weighted by Crippen LogP contribution is 2.24. The van der Waals surface area contributed by atoms with Gasteiger partial charge < -0.3 is 10.6 Å². The molecule has 2 rings (SSSR count). The number of hydrogen-bond donors (Lipinski definition) is 1. The summed E-state index contributed by atoms with van der Waals surface area (Å²) in [6.07, 6.45) is 4.64. The monoisotopic (exact) mass is 307 g/mol. The smallest absolute Gasteiger partial charge is 0.314 e. The molecule has 1 saturated heterocycles. The molecule has 1 aliphatic heterocycles. The Morgan fingerprint density at radius 1 is 1.33 bits per heavy atom. The van der Waals surface area contributed by atoms with E-state index in [9.17, 15) is 4.79 Å². The second-order valence-corrected chi connectivity index (χ2v) is 6.94. The summed E-state index contributed by atoms with van der Waals surface area (Å²) in [5.41, 5.74) is 5.30. The normalized spacial score (nSPS) is 16.4. The molecule has 0 aliphatic carbocycles. The van der Waals surface area contributed by atoms with Gasteiger partial charge in [0.15, 0.2) is 0 Å². The van der Waals surface area contributed by atoms with Crippen molar-refractivity contribution in [1.82, 2.24) is 9.21 Å². The lowest BCUT2D eigenvalue weighted by molar-refractivity contribution is 0.175. The molecular formula is C16H25N3OS. The van der Waals surface area contributed by atoms with Crippen molar-refractivity contribution in [2.45, 2.75) is 30.6 Å². The molecule has 0 unspecified atom stereocenters. The molecule has 0 saturated carbocycles. The number of piperidine rings is 1. The van der Waals surface area contributed by atoms with E-state index in [2.05, 4.69) is 35.6 Å². The topological polar surface area (TPSA) is 49.6 Å². The van der Waals surface area contributed by atoms with Gasteiger partial charge in [-0.3, -0.25) is 0 Å². The zero-order valence-corrected chi connectivity index (χ0v) is 13.5. The number of carbonyl (C=O) groups is 1. The van der Waals surface area contributed by atoms with E-state index < -0.39 is 0 Å². The highest BCUT2D eigenvalue weighted by atomic mass is 32.2. The Bertz CT molecular complexity index is 432. The van der Waals surface area contributed by atoms with Crippen LogP contribution in [-0.4, -0.2) is 41.9 Å². The van der Waals surface area contributed by atoms with Crippen LogP contribution in [0.15, 0.2) is 35.2 Å². The third-order valence-electron chi connectivity index (χ3n) is 4.02. The summed E-state index contributed by atoms with van der Waals surface area (Å²) in [6.45, 7) is 2.75. The quantitative estimate of drug-likeness (QED) is 0.821. The van der Waals surface area contributed by atoms with Crippen molar-refractivity contribution in [2.75, 3.05) is 26.7 Å². The maximum Gasteiger partial charge on any atom is 0.314 e. The lowest BCUT2D eigenvalue weighted by atomic mass is 9.92. The van der Waals surface area contributed by atoms with Crippen LogP contribution in [0.2, 0.25) is 0 Å². The average molecular weight is 307 g/mol. The second kappa shape index (κ2) is 8.29. The highest BCUT2D eigenvalue weighted by molar-refractivity contribution is 7.97. The predicted molar refractivity (Wildman–Crippen MR) is 88.0 cm³/mol. The third kappa shape index (κ3) is 5.59. The second-order valence-electron chi connectivity index (χ2n) is 5.67. The van der Waals surface area contributed by atoms with Crippen LogP contribution in [0.3, 0.4) is 0 Å². The summed E-state index contributed by atoms with van der Waals surface area (Å²) < 4.78 is 2.30. The summed E-state index contributed by atoms with van der Waals surface area (Å²) in [6, 6.07) is 10.2. The van der Waals surface area contributed by atoms with Crippen molar-refractivity contribution in [2.24, 2.45) is 11.7 Å². The molecule has 2 amide bonds. The van der Waals surface area contributed by atoms with E-state index in [1.54, 1.807) is 16.8 Å². The maximum absolute atomic E-state index is 11.1. The standard InChI is InChI=1S/C16H25N3OS/c1-18(21-15-7-3-2-4-8-15)11-5-6-14-9-12-19(13-10-14)16(17)20/h2-4,7-8,14H,5-6,9-13H2,1H3,(H2,17,20). The number of nitrogens with zero attached hydrogens (tertiary/aromatic N) is 2. The summed E-state index contributed by atoms with van der Waals surface area (Å²) in [7, 11) is 2.15. The van der Waals surface area contributed by atoms with Gasteiger partial charge in [0.2, 0.25) is 0 Å². The van der Waals surface area contributed by atoms with Gasteiger partial charge in [-0.1, -0.05) is 18.2 Å². The summed E-state index contributed by atoms with van der Waals surface area (Å²) >= 11 is 1.80. The highest BCUT2D eigenvalue weighted by Gasteiger charge is 2.20. The van der Waals surface area contributed by atoms with Crippen LogP contribution in [0.1, 0.15) is 25.7 Å².